The summed E-state index contributed by atoms with van der Waals surface area (Å²) in [5.74, 6) is 0.270. The van der Waals surface area contributed by atoms with Crippen molar-refractivity contribution < 1.29 is 18.3 Å². The lowest BCUT2D eigenvalue weighted by molar-refractivity contribution is 0.0711. The summed E-state index contributed by atoms with van der Waals surface area (Å²) in [6.45, 7) is 4.19. The van der Waals surface area contributed by atoms with Crippen molar-refractivity contribution in [1.82, 2.24) is 0 Å². The molecule has 1 unspecified atom stereocenters. The summed E-state index contributed by atoms with van der Waals surface area (Å²) < 4.78 is 40.1. The minimum absolute atomic E-state index is 0.0704. The molecule has 0 saturated carbocycles. The highest BCUT2D eigenvalue weighted by atomic mass is 19.1. The van der Waals surface area contributed by atoms with Gasteiger partial charge in [0.05, 0.1) is 12.7 Å². The van der Waals surface area contributed by atoms with Gasteiger partial charge in [-0.25, -0.2) is 8.78 Å². The van der Waals surface area contributed by atoms with Gasteiger partial charge in [0.2, 0.25) is 0 Å². The minimum atomic E-state index is -0.242. The molecule has 3 aromatic carbocycles. The van der Waals surface area contributed by atoms with Crippen LogP contribution in [0.3, 0.4) is 0 Å². The molecule has 0 aromatic heterocycles. The number of benzene rings is 3. The lowest BCUT2D eigenvalue weighted by Gasteiger charge is -2.19. The van der Waals surface area contributed by atoms with E-state index in [2.05, 4.69) is 18.2 Å². The fourth-order valence-electron chi connectivity index (χ4n) is 4.47. The zero-order chi connectivity index (χ0) is 22.9. The Morgan fingerprint density at radius 2 is 1.55 bits per heavy atom. The van der Waals surface area contributed by atoms with Crippen molar-refractivity contribution in [1.29, 1.82) is 0 Å². The quantitative estimate of drug-likeness (QED) is 0.407. The third kappa shape index (κ3) is 4.62. The maximum Gasteiger partial charge on any atom is 0.130 e. The molecule has 0 aliphatic heterocycles. The van der Waals surface area contributed by atoms with Gasteiger partial charge >= 0.3 is 0 Å². The molecule has 1 atom stereocenters. The molecule has 3 aromatic rings. The number of aryl methyl sites for hydroxylation is 2. The van der Waals surface area contributed by atoms with Crippen molar-refractivity contribution in [3.8, 4) is 5.75 Å². The molecular weight excluding hydrogens is 418 g/mol. The maximum absolute atomic E-state index is 14.1. The second-order valence-corrected chi connectivity index (χ2v) is 8.87. The Balaban J connectivity index is 1.24. The molecule has 0 amide bonds. The van der Waals surface area contributed by atoms with Crippen molar-refractivity contribution in [2.75, 3.05) is 0 Å². The summed E-state index contributed by atoms with van der Waals surface area (Å²) in [7, 11) is 0. The van der Waals surface area contributed by atoms with E-state index < -0.39 is 0 Å². The van der Waals surface area contributed by atoms with E-state index >= 15 is 0 Å². The van der Waals surface area contributed by atoms with Gasteiger partial charge in [-0.1, -0.05) is 42.5 Å². The summed E-state index contributed by atoms with van der Waals surface area (Å²) >= 11 is 0. The van der Waals surface area contributed by atoms with E-state index in [9.17, 15) is 8.78 Å². The van der Waals surface area contributed by atoms with Crippen LogP contribution in [0.5, 0.6) is 5.75 Å². The molecule has 33 heavy (non-hydrogen) atoms. The first kappa shape index (κ1) is 21.6. The Morgan fingerprint density at radius 1 is 0.848 bits per heavy atom. The number of hydrogen-bond acceptors (Lipinski definition) is 2. The highest BCUT2D eigenvalue weighted by molar-refractivity contribution is 5.87. The second kappa shape index (κ2) is 8.95. The summed E-state index contributed by atoms with van der Waals surface area (Å²) in [6, 6.07) is 16.5. The van der Waals surface area contributed by atoms with Crippen molar-refractivity contribution in [2.24, 2.45) is 0 Å². The first-order valence-corrected chi connectivity index (χ1v) is 11.3. The summed E-state index contributed by atoms with van der Waals surface area (Å²) in [5, 5.41) is 0. The van der Waals surface area contributed by atoms with E-state index in [4.69, 9.17) is 9.47 Å². The molecule has 0 radical (unpaired) electrons. The van der Waals surface area contributed by atoms with Gasteiger partial charge in [-0.15, -0.1) is 0 Å². The standard InChI is InChI=1S/C29H26F2O2/c1-18-3-5-20(28(30)11-18)16-32-24-7-9-26-22(14-24)13-23-15-25(8-10-27(23)26)33-17-21-6-4-19(2)12-29(21)31/h3-7,9-12,14-15,25H,8,13,16-17H2,1-2H3. The van der Waals surface area contributed by atoms with Crippen molar-refractivity contribution >= 4 is 5.57 Å². The topological polar surface area (TPSA) is 18.5 Å². The van der Waals surface area contributed by atoms with Crippen molar-refractivity contribution in [3.05, 3.63) is 117 Å². The Labute approximate surface area is 193 Å². The van der Waals surface area contributed by atoms with Gasteiger partial charge < -0.3 is 9.47 Å². The Hall–Kier alpha value is -3.24. The van der Waals surface area contributed by atoms with Gasteiger partial charge in [-0.3, -0.25) is 0 Å². The van der Waals surface area contributed by atoms with Crippen molar-refractivity contribution in [3.63, 3.8) is 0 Å². The fraction of sp³-hybridized carbons (Fsp3) is 0.241. The number of fused-ring (bicyclic) bond motifs is 3. The Kier molecular flexibility index (Phi) is 5.86. The number of rotatable bonds is 6. The van der Waals surface area contributed by atoms with Gasteiger partial charge in [0, 0.05) is 11.1 Å². The van der Waals surface area contributed by atoms with Crippen molar-refractivity contribution in [2.45, 2.75) is 46.0 Å². The zero-order valence-corrected chi connectivity index (χ0v) is 18.8. The predicted molar refractivity (Wildman–Crippen MR) is 126 cm³/mol. The highest BCUT2D eigenvalue weighted by Gasteiger charge is 2.26. The summed E-state index contributed by atoms with van der Waals surface area (Å²) in [6.07, 6.45) is 5.86. The molecule has 4 heteroatoms. The summed E-state index contributed by atoms with van der Waals surface area (Å²) in [4.78, 5) is 0. The van der Waals surface area contributed by atoms with Crippen LogP contribution in [0.1, 0.15) is 39.8 Å². The summed E-state index contributed by atoms with van der Waals surface area (Å²) in [5.41, 5.74) is 7.79. The van der Waals surface area contributed by atoms with Crippen LogP contribution < -0.4 is 4.74 Å². The SMILES string of the molecule is Cc1ccc(COc2ccc3c(c2)CC2=CC(OCc4ccc(C)cc4F)CC=C23)c(F)c1. The lowest BCUT2D eigenvalue weighted by atomic mass is 9.96. The lowest BCUT2D eigenvalue weighted by Crippen LogP contribution is -2.13. The molecule has 5 rings (SSSR count). The molecule has 0 saturated heterocycles. The van der Waals surface area contributed by atoms with E-state index in [0.29, 0.717) is 11.1 Å². The monoisotopic (exact) mass is 444 g/mol. The van der Waals surface area contributed by atoms with E-state index in [1.54, 1.807) is 12.1 Å². The van der Waals surface area contributed by atoms with Crippen LogP contribution in [0, 0.1) is 25.5 Å². The largest absolute Gasteiger partial charge is 0.489 e. The molecule has 2 nitrogen and oxygen atoms in total. The first-order valence-electron chi connectivity index (χ1n) is 11.3. The number of halogens is 2. The van der Waals surface area contributed by atoms with Gasteiger partial charge in [0.1, 0.15) is 24.0 Å². The fourth-order valence-corrected chi connectivity index (χ4v) is 4.47. The Morgan fingerprint density at radius 3 is 2.24 bits per heavy atom. The van der Waals surface area contributed by atoms with Crippen LogP contribution in [0.2, 0.25) is 0 Å². The molecule has 0 bridgehead atoms. The number of ether oxygens (including phenoxy) is 2. The highest BCUT2D eigenvalue weighted by Crippen LogP contribution is 2.41. The van der Waals surface area contributed by atoms with E-state index in [1.807, 2.05) is 38.1 Å². The van der Waals surface area contributed by atoms with Crippen LogP contribution in [0.25, 0.3) is 5.57 Å². The maximum atomic E-state index is 14.1. The number of hydrogen-bond donors (Lipinski definition) is 0. The second-order valence-electron chi connectivity index (χ2n) is 8.87. The van der Waals surface area contributed by atoms with Gasteiger partial charge in [0.15, 0.2) is 0 Å². The molecule has 0 N–H and O–H groups in total. The Bertz CT molecular complexity index is 1270. The van der Waals surface area contributed by atoms with Crippen LogP contribution in [-0.4, -0.2) is 6.10 Å². The molecular formula is C29H26F2O2. The average molecular weight is 445 g/mol. The normalized spacial score (nSPS) is 16.7. The van der Waals surface area contributed by atoms with Gasteiger partial charge in [-0.2, -0.15) is 0 Å². The van der Waals surface area contributed by atoms with Crippen LogP contribution in [-0.2, 0) is 24.4 Å². The van der Waals surface area contributed by atoms with E-state index in [0.717, 1.165) is 29.7 Å². The zero-order valence-electron chi connectivity index (χ0n) is 18.8. The van der Waals surface area contributed by atoms with Crippen LogP contribution in [0.15, 0.2) is 72.3 Å². The molecule has 2 aliphatic carbocycles. The van der Waals surface area contributed by atoms with Gasteiger partial charge in [-0.05, 0) is 84.4 Å². The third-order valence-corrected chi connectivity index (χ3v) is 6.30. The average Bonchev–Trinajstić information content (AvgIpc) is 3.15. The van der Waals surface area contributed by atoms with E-state index in [-0.39, 0.29) is 31.0 Å². The number of allylic oxidation sites excluding steroid dienone is 2. The van der Waals surface area contributed by atoms with Gasteiger partial charge in [0.25, 0.3) is 0 Å². The predicted octanol–water partition coefficient (Wildman–Crippen LogP) is 7.02. The molecule has 2 aliphatic rings. The third-order valence-electron chi connectivity index (χ3n) is 6.30. The smallest absolute Gasteiger partial charge is 0.130 e. The minimum Gasteiger partial charge on any atom is -0.489 e. The molecule has 0 spiro atoms. The van der Waals surface area contributed by atoms with Crippen LogP contribution >= 0.6 is 0 Å². The van der Waals surface area contributed by atoms with Crippen LogP contribution in [0.4, 0.5) is 8.78 Å². The molecule has 0 fully saturated rings. The molecule has 168 valence electrons. The van der Waals surface area contributed by atoms with E-state index in [1.165, 1.54) is 34.4 Å². The first-order chi connectivity index (χ1) is 16.0. The molecule has 0 heterocycles.